The highest BCUT2D eigenvalue weighted by molar-refractivity contribution is 6.07. The average Bonchev–Trinajstić information content (AvgIpc) is 2.73. The maximum atomic E-state index is 12.9. The summed E-state index contributed by atoms with van der Waals surface area (Å²) in [5, 5.41) is 5.88. The van der Waals surface area contributed by atoms with Gasteiger partial charge in [0.1, 0.15) is 5.75 Å². The van der Waals surface area contributed by atoms with Crippen LogP contribution in [0.2, 0.25) is 0 Å². The van der Waals surface area contributed by atoms with E-state index in [2.05, 4.69) is 22.5 Å². The molecule has 0 aromatic heterocycles. The fraction of sp³-hybridized carbons (Fsp3) is 0.417. The van der Waals surface area contributed by atoms with Crippen LogP contribution in [0.3, 0.4) is 0 Å². The van der Waals surface area contributed by atoms with Gasteiger partial charge in [-0.1, -0.05) is 19.1 Å². The number of anilines is 2. The van der Waals surface area contributed by atoms with Crippen molar-refractivity contribution in [1.29, 1.82) is 0 Å². The zero-order valence-corrected chi connectivity index (χ0v) is 18.2. The summed E-state index contributed by atoms with van der Waals surface area (Å²) in [5.74, 6) is 0.801. The van der Waals surface area contributed by atoms with E-state index < -0.39 is 0 Å². The van der Waals surface area contributed by atoms with Gasteiger partial charge in [-0.15, -0.1) is 0 Å². The Morgan fingerprint density at radius 2 is 1.73 bits per heavy atom. The molecule has 2 aromatic rings. The van der Waals surface area contributed by atoms with E-state index in [1.165, 1.54) is 7.11 Å². The Morgan fingerprint density at radius 3 is 2.40 bits per heavy atom. The van der Waals surface area contributed by atoms with Crippen LogP contribution in [-0.4, -0.2) is 38.1 Å². The Bertz CT molecular complexity index is 902. The minimum atomic E-state index is -0.276. The Kier molecular flexibility index (Phi) is 6.98. The summed E-state index contributed by atoms with van der Waals surface area (Å²) in [6.07, 6.45) is 2.22. The summed E-state index contributed by atoms with van der Waals surface area (Å²) in [7, 11) is 1.54. The first-order valence-electron chi connectivity index (χ1n) is 10.5. The zero-order chi connectivity index (χ0) is 21.7. The molecule has 6 nitrogen and oxygen atoms in total. The molecular formula is C24H31N3O3. The molecule has 160 valence electrons. The molecule has 2 amide bonds. The summed E-state index contributed by atoms with van der Waals surface area (Å²) in [6, 6.07) is 12.6. The molecule has 1 fully saturated rings. The Morgan fingerprint density at radius 1 is 1.03 bits per heavy atom. The standard InChI is InChI=1S/C24H31N3O3/c1-16(2)25-24(29)20-15-18(9-10-21(20)27-13-11-17(3)12-14-27)26-23(28)19-7-5-6-8-22(19)30-4/h5-10,15-17H,11-14H2,1-4H3,(H,25,29)(H,26,28). The molecule has 0 aliphatic carbocycles. The van der Waals surface area contributed by atoms with Crippen LogP contribution in [0.15, 0.2) is 42.5 Å². The second kappa shape index (κ2) is 9.65. The third-order valence-electron chi connectivity index (χ3n) is 5.39. The van der Waals surface area contributed by atoms with E-state index in [-0.39, 0.29) is 17.9 Å². The van der Waals surface area contributed by atoms with E-state index in [4.69, 9.17) is 4.74 Å². The maximum Gasteiger partial charge on any atom is 0.259 e. The molecule has 0 saturated carbocycles. The van der Waals surface area contributed by atoms with Crippen LogP contribution in [0.1, 0.15) is 54.3 Å². The number of ether oxygens (including phenoxy) is 1. The maximum absolute atomic E-state index is 12.9. The molecular weight excluding hydrogens is 378 g/mol. The highest BCUT2D eigenvalue weighted by Gasteiger charge is 2.22. The van der Waals surface area contributed by atoms with Gasteiger partial charge in [0.25, 0.3) is 11.8 Å². The molecule has 30 heavy (non-hydrogen) atoms. The number of benzene rings is 2. The highest BCUT2D eigenvalue weighted by Crippen LogP contribution is 2.29. The topological polar surface area (TPSA) is 70.7 Å². The number of hydrogen-bond donors (Lipinski definition) is 2. The normalized spacial score (nSPS) is 14.5. The van der Waals surface area contributed by atoms with Crippen molar-refractivity contribution < 1.29 is 14.3 Å². The summed E-state index contributed by atoms with van der Waals surface area (Å²) in [4.78, 5) is 28.0. The van der Waals surface area contributed by atoms with E-state index in [1.54, 1.807) is 24.3 Å². The first-order valence-corrected chi connectivity index (χ1v) is 10.5. The van der Waals surface area contributed by atoms with Gasteiger partial charge in [-0.25, -0.2) is 0 Å². The number of rotatable bonds is 6. The molecule has 1 heterocycles. The van der Waals surface area contributed by atoms with Crippen LogP contribution in [0.4, 0.5) is 11.4 Å². The summed E-state index contributed by atoms with van der Waals surface area (Å²) < 4.78 is 5.29. The molecule has 0 radical (unpaired) electrons. The van der Waals surface area contributed by atoms with E-state index in [1.807, 2.05) is 32.0 Å². The molecule has 0 bridgehead atoms. The zero-order valence-electron chi connectivity index (χ0n) is 18.2. The molecule has 6 heteroatoms. The van der Waals surface area contributed by atoms with Crippen LogP contribution >= 0.6 is 0 Å². The third-order valence-corrected chi connectivity index (χ3v) is 5.39. The van der Waals surface area contributed by atoms with E-state index in [0.717, 1.165) is 31.6 Å². The molecule has 0 spiro atoms. The number of hydrogen-bond acceptors (Lipinski definition) is 4. The van der Waals surface area contributed by atoms with Crippen molar-refractivity contribution in [2.24, 2.45) is 5.92 Å². The minimum absolute atomic E-state index is 0.0264. The van der Waals surface area contributed by atoms with Crippen molar-refractivity contribution in [2.45, 2.75) is 39.7 Å². The monoisotopic (exact) mass is 409 g/mol. The van der Waals surface area contributed by atoms with Crippen molar-refractivity contribution in [3.63, 3.8) is 0 Å². The molecule has 1 aliphatic heterocycles. The van der Waals surface area contributed by atoms with E-state index in [9.17, 15) is 9.59 Å². The predicted octanol–water partition coefficient (Wildman–Crippen LogP) is 4.32. The molecule has 0 atom stereocenters. The van der Waals surface area contributed by atoms with Gasteiger partial charge in [0, 0.05) is 30.5 Å². The quantitative estimate of drug-likeness (QED) is 0.745. The Balaban J connectivity index is 1.88. The van der Waals surface area contributed by atoms with Gasteiger partial charge in [0.05, 0.1) is 18.2 Å². The van der Waals surface area contributed by atoms with Crippen LogP contribution in [-0.2, 0) is 0 Å². The molecule has 1 aliphatic rings. The molecule has 0 unspecified atom stereocenters. The van der Waals surface area contributed by atoms with Gasteiger partial charge in [-0.3, -0.25) is 9.59 Å². The van der Waals surface area contributed by atoms with Gasteiger partial charge in [-0.05, 0) is 62.9 Å². The van der Waals surface area contributed by atoms with Crippen molar-refractivity contribution in [1.82, 2.24) is 5.32 Å². The van der Waals surface area contributed by atoms with Crippen molar-refractivity contribution in [3.8, 4) is 5.75 Å². The number of piperidine rings is 1. The predicted molar refractivity (Wildman–Crippen MR) is 121 cm³/mol. The number of nitrogens with one attached hydrogen (secondary N) is 2. The first kappa shape index (κ1) is 21.7. The van der Waals surface area contributed by atoms with Crippen molar-refractivity contribution in [3.05, 3.63) is 53.6 Å². The number of nitrogens with zero attached hydrogens (tertiary/aromatic N) is 1. The number of methoxy groups -OCH3 is 1. The fourth-order valence-corrected chi connectivity index (χ4v) is 3.69. The number of carbonyl (C=O) groups is 2. The van der Waals surface area contributed by atoms with Gasteiger partial charge in [0.15, 0.2) is 0 Å². The molecule has 3 rings (SSSR count). The van der Waals surface area contributed by atoms with Crippen LogP contribution in [0.5, 0.6) is 5.75 Å². The summed E-state index contributed by atoms with van der Waals surface area (Å²) in [5.41, 5.74) is 2.52. The van der Waals surface area contributed by atoms with Crippen molar-refractivity contribution >= 4 is 23.2 Å². The minimum Gasteiger partial charge on any atom is -0.496 e. The number of para-hydroxylation sites is 1. The number of amides is 2. The lowest BCUT2D eigenvalue weighted by molar-refractivity contribution is 0.0942. The molecule has 2 aromatic carbocycles. The SMILES string of the molecule is COc1ccccc1C(=O)Nc1ccc(N2CCC(C)CC2)c(C(=O)NC(C)C)c1. The summed E-state index contributed by atoms with van der Waals surface area (Å²) in [6.45, 7) is 7.99. The first-order chi connectivity index (χ1) is 14.4. The fourth-order valence-electron chi connectivity index (χ4n) is 3.69. The largest absolute Gasteiger partial charge is 0.496 e. The Labute approximate surface area is 178 Å². The second-order valence-electron chi connectivity index (χ2n) is 8.18. The lowest BCUT2D eigenvalue weighted by atomic mass is 9.97. The molecule has 1 saturated heterocycles. The number of carbonyl (C=O) groups excluding carboxylic acids is 2. The third kappa shape index (κ3) is 5.12. The lowest BCUT2D eigenvalue weighted by Crippen LogP contribution is -2.36. The van der Waals surface area contributed by atoms with Crippen LogP contribution in [0, 0.1) is 5.92 Å². The van der Waals surface area contributed by atoms with Crippen molar-refractivity contribution in [2.75, 3.05) is 30.4 Å². The second-order valence-corrected chi connectivity index (χ2v) is 8.18. The average molecular weight is 410 g/mol. The van der Waals surface area contributed by atoms with Gasteiger partial charge >= 0.3 is 0 Å². The smallest absolute Gasteiger partial charge is 0.259 e. The summed E-state index contributed by atoms with van der Waals surface area (Å²) >= 11 is 0. The van der Waals surface area contributed by atoms with E-state index >= 15 is 0 Å². The van der Waals surface area contributed by atoms with Crippen LogP contribution < -0.4 is 20.3 Å². The van der Waals surface area contributed by atoms with Gasteiger partial charge < -0.3 is 20.3 Å². The van der Waals surface area contributed by atoms with Gasteiger partial charge in [0.2, 0.25) is 0 Å². The van der Waals surface area contributed by atoms with Gasteiger partial charge in [-0.2, -0.15) is 0 Å². The molecule has 2 N–H and O–H groups in total. The van der Waals surface area contributed by atoms with Crippen LogP contribution in [0.25, 0.3) is 0 Å². The lowest BCUT2D eigenvalue weighted by Gasteiger charge is -2.33. The highest BCUT2D eigenvalue weighted by atomic mass is 16.5. The Hall–Kier alpha value is -3.02. The van der Waals surface area contributed by atoms with E-state index in [0.29, 0.717) is 28.5 Å².